The second-order valence-corrected chi connectivity index (χ2v) is 5.70. The van der Waals surface area contributed by atoms with Gasteiger partial charge in [0.2, 0.25) is 0 Å². The Bertz CT molecular complexity index is 645. The van der Waals surface area contributed by atoms with E-state index in [0.717, 1.165) is 22.5 Å². The van der Waals surface area contributed by atoms with Crippen molar-refractivity contribution in [3.05, 3.63) is 50.1 Å². The van der Waals surface area contributed by atoms with Gasteiger partial charge in [0.15, 0.2) is 0 Å². The van der Waals surface area contributed by atoms with Gasteiger partial charge in [-0.15, -0.1) is 11.3 Å². The van der Waals surface area contributed by atoms with Crippen molar-refractivity contribution < 1.29 is 18.3 Å². The van der Waals surface area contributed by atoms with Crippen molar-refractivity contribution in [3.63, 3.8) is 0 Å². The number of carbonyl (C=O) groups excluding carboxylic acids is 1. The van der Waals surface area contributed by atoms with Crippen molar-refractivity contribution in [2.24, 2.45) is 0 Å². The van der Waals surface area contributed by atoms with E-state index in [1.54, 1.807) is 0 Å². The Morgan fingerprint density at radius 2 is 2.15 bits per heavy atom. The molecule has 3 nitrogen and oxygen atoms in total. The van der Waals surface area contributed by atoms with Crippen LogP contribution in [0.4, 0.5) is 14.5 Å². The summed E-state index contributed by atoms with van der Waals surface area (Å²) < 4.78 is 32.5. The Morgan fingerprint density at radius 3 is 2.75 bits per heavy atom. The average Bonchev–Trinajstić information content (AvgIpc) is 2.82. The second kappa shape index (κ2) is 6.32. The van der Waals surface area contributed by atoms with E-state index in [2.05, 4.69) is 26.0 Å². The second-order valence-electron chi connectivity index (χ2n) is 3.85. The quantitative estimate of drug-likeness (QED) is 0.829. The maximum Gasteiger partial charge on any atom is 0.340 e. The van der Waals surface area contributed by atoms with Gasteiger partial charge in [0.1, 0.15) is 11.6 Å². The smallest absolute Gasteiger partial charge is 0.340 e. The predicted octanol–water partition coefficient (Wildman–Crippen LogP) is 4.19. The molecule has 0 fully saturated rings. The molecule has 1 heterocycles. The predicted molar refractivity (Wildman–Crippen MR) is 77.0 cm³/mol. The maximum absolute atomic E-state index is 13.7. The highest BCUT2D eigenvalue weighted by Crippen LogP contribution is 2.25. The van der Waals surface area contributed by atoms with E-state index >= 15 is 0 Å². The summed E-state index contributed by atoms with van der Waals surface area (Å²) in [4.78, 5) is 12.3. The third-order valence-corrected chi connectivity index (χ3v) is 4.52. The maximum atomic E-state index is 13.7. The first-order valence-corrected chi connectivity index (χ1v) is 7.23. The Balaban J connectivity index is 2.23. The lowest BCUT2D eigenvalue weighted by Crippen LogP contribution is -2.08. The molecule has 0 amide bonds. The SMILES string of the molecule is COC(=O)c1cc(NCc2sccc2Br)c(F)cc1F. The van der Waals surface area contributed by atoms with E-state index in [1.807, 2.05) is 11.4 Å². The number of benzene rings is 1. The van der Waals surface area contributed by atoms with Gasteiger partial charge in [0, 0.05) is 15.4 Å². The number of methoxy groups -OCH3 is 1. The zero-order valence-electron chi connectivity index (χ0n) is 10.4. The average molecular weight is 362 g/mol. The van der Waals surface area contributed by atoms with Gasteiger partial charge >= 0.3 is 5.97 Å². The first-order valence-electron chi connectivity index (χ1n) is 5.56. The van der Waals surface area contributed by atoms with Crippen molar-refractivity contribution in [1.29, 1.82) is 0 Å². The number of anilines is 1. The summed E-state index contributed by atoms with van der Waals surface area (Å²) in [6.45, 7) is 0.363. The molecule has 2 rings (SSSR count). The minimum atomic E-state index is -0.947. The molecule has 1 aromatic carbocycles. The number of thiophene rings is 1. The van der Waals surface area contributed by atoms with Crippen LogP contribution in [-0.4, -0.2) is 13.1 Å². The Labute approximate surface area is 126 Å². The van der Waals surface area contributed by atoms with Gasteiger partial charge < -0.3 is 10.1 Å². The third-order valence-electron chi connectivity index (χ3n) is 2.59. The molecule has 1 aromatic heterocycles. The first kappa shape index (κ1) is 14.9. The van der Waals surface area contributed by atoms with E-state index in [-0.39, 0.29) is 11.3 Å². The van der Waals surface area contributed by atoms with Gasteiger partial charge in [-0.05, 0) is 33.4 Å². The van der Waals surface area contributed by atoms with Gasteiger partial charge in [0.05, 0.1) is 24.9 Å². The highest BCUT2D eigenvalue weighted by molar-refractivity contribution is 9.10. The van der Waals surface area contributed by atoms with Crippen LogP contribution in [0.15, 0.2) is 28.1 Å². The molecule has 0 aliphatic carbocycles. The first-order chi connectivity index (χ1) is 9.52. The highest BCUT2D eigenvalue weighted by Gasteiger charge is 2.16. The molecule has 2 aromatic rings. The van der Waals surface area contributed by atoms with Crippen LogP contribution in [0, 0.1) is 11.6 Å². The molecule has 106 valence electrons. The molecule has 7 heteroatoms. The number of rotatable bonds is 4. The van der Waals surface area contributed by atoms with E-state index in [9.17, 15) is 13.6 Å². The normalized spacial score (nSPS) is 10.4. The summed E-state index contributed by atoms with van der Waals surface area (Å²) in [6, 6.07) is 3.65. The van der Waals surface area contributed by atoms with Crippen LogP contribution < -0.4 is 5.32 Å². The number of nitrogens with one attached hydrogen (secondary N) is 1. The summed E-state index contributed by atoms with van der Waals surface area (Å²) in [5, 5.41) is 4.72. The van der Waals surface area contributed by atoms with Crippen LogP contribution in [0.2, 0.25) is 0 Å². The van der Waals surface area contributed by atoms with E-state index < -0.39 is 17.6 Å². The fourth-order valence-electron chi connectivity index (χ4n) is 1.58. The molecule has 20 heavy (non-hydrogen) atoms. The van der Waals surface area contributed by atoms with Crippen molar-refractivity contribution in [2.45, 2.75) is 6.54 Å². The monoisotopic (exact) mass is 361 g/mol. The number of halogens is 3. The summed E-state index contributed by atoms with van der Waals surface area (Å²) in [5.74, 6) is -2.55. The van der Waals surface area contributed by atoms with Crippen LogP contribution in [0.1, 0.15) is 15.2 Å². The summed E-state index contributed by atoms with van der Waals surface area (Å²) >= 11 is 4.86. The number of ether oxygens (including phenoxy) is 1. The van der Waals surface area contributed by atoms with Gasteiger partial charge in [-0.25, -0.2) is 13.6 Å². The zero-order chi connectivity index (χ0) is 14.7. The van der Waals surface area contributed by atoms with Gasteiger partial charge in [-0.2, -0.15) is 0 Å². The lowest BCUT2D eigenvalue weighted by atomic mass is 10.1. The number of esters is 1. The van der Waals surface area contributed by atoms with Crippen molar-refractivity contribution >= 4 is 38.9 Å². The largest absolute Gasteiger partial charge is 0.465 e. The molecule has 0 radical (unpaired) electrons. The fourth-order valence-corrected chi connectivity index (χ4v) is 3.01. The van der Waals surface area contributed by atoms with Crippen LogP contribution in [0.5, 0.6) is 0 Å². The Morgan fingerprint density at radius 1 is 1.40 bits per heavy atom. The van der Waals surface area contributed by atoms with Gasteiger partial charge in [-0.1, -0.05) is 0 Å². The molecule has 0 saturated carbocycles. The van der Waals surface area contributed by atoms with Gasteiger partial charge in [-0.3, -0.25) is 0 Å². The molecule has 0 bridgehead atoms. The number of hydrogen-bond donors (Lipinski definition) is 1. The van der Waals surface area contributed by atoms with E-state index in [0.29, 0.717) is 12.6 Å². The molecular weight excluding hydrogens is 352 g/mol. The topological polar surface area (TPSA) is 38.3 Å². The van der Waals surface area contributed by atoms with Gasteiger partial charge in [0.25, 0.3) is 0 Å². The minimum Gasteiger partial charge on any atom is -0.465 e. The van der Waals surface area contributed by atoms with Crippen molar-refractivity contribution in [3.8, 4) is 0 Å². The lowest BCUT2D eigenvalue weighted by molar-refractivity contribution is 0.0595. The van der Waals surface area contributed by atoms with Crippen LogP contribution >= 0.6 is 27.3 Å². The van der Waals surface area contributed by atoms with Crippen LogP contribution in [0.3, 0.4) is 0 Å². The van der Waals surface area contributed by atoms with Crippen LogP contribution in [-0.2, 0) is 11.3 Å². The number of hydrogen-bond acceptors (Lipinski definition) is 4. The third kappa shape index (κ3) is 3.16. The Hall–Kier alpha value is -1.47. The summed E-state index contributed by atoms with van der Waals surface area (Å²) in [5.41, 5.74) is -0.256. The van der Waals surface area contributed by atoms with Crippen molar-refractivity contribution in [2.75, 3.05) is 12.4 Å². The minimum absolute atomic E-state index is 0.0482. The highest BCUT2D eigenvalue weighted by atomic mass is 79.9. The number of carbonyl (C=O) groups is 1. The van der Waals surface area contributed by atoms with E-state index in [4.69, 9.17) is 0 Å². The van der Waals surface area contributed by atoms with Crippen molar-refractivity contribution in [1.82, 2.24) is 0 Å². The van der Waals surface area contributed by atoms with Crippen LogP contribution in [0.25, 0.3) is 0 Å². The van der Waals surface area contributed by atoms with E-state index in [1.165, 1.54) is 11.3 Å². The molecular formula is C13H10BrF2NO2S. The molecule has 0 atom stereocenters. The lowest BCUT2D eigenvalue weighted by Gasteiger charge is -2.09. The summed E-state index contributed by atoms with van der Waals surface area (Å²) in [7, 11) is 1.14. The molecule has 0 spiro atoms. The molecule has 1 N–H and O–H groups in total. The Kier molecular flexibility index (Phi) is 4.72. The standard InChI is InChI=1S/C13H10BrF2NO2S/c1-19-13(18)7-4-11(10(16)5-9(7)15)17-6-12-8(14)2-3-20-12/h2-5,17H,6H2,1H3. The fraction of sp³-hybridized carbons (Fsp3) is 0.154. The summed E-state index contributed by atoms with van der Waals surface area (Å²) in [6.07, 6.45) is 0. The molecule has 0 saturated heterocycles. The molecule has 0 aliphatic rings. The zero-order valence-corrected chi connectivity index (χ0v) is 12.8. The molecule has 0 unspecified atom stereocenters. The molecule has 0 aliphatic heterocycles.